The maximum atomic E-state index is 5.43. The Morgan fingerprint density at radius 1 is 1.09 bits per heavy atom. The molecule has 32 heavy (non-hydrogen) atoms. The van der Waals surface area contributed by atoms with Gasteiger partial charge in [-0.2, -0.15) is 5.10 Å². The molecule has 0 unspecified atom stereocenters. The van der Waals surface area contributed by atoms with Crippen LogP contribution in [0.4, 0.5) is 0 Å². The van der Waals surface area contributed by atoms with Crippen molar-refractivity contribution in [2.75, 3.05) is 40.6 Å². The number of ether oxygens (including phenoxy) is 3. The third-order valence-corrected chi connectivity index (χ3v) is 5.01. The van der Waals surface area contributed by atoms with E-state index in [9.17, 15) is 0 Å². The summed E-state index contributed by atoms with van der Waals surface area (Å²) in [6, 6.07) is 7.97. The fourth-order valence-electron chi connectivity index (χ4n) is 3.16. The van der Waals surface area contributed by atoms with Crippen LogP contribution >= 0.6 is 24.0 Å². The number of rotatable bonds is 13. The van der Waals surface area contributed by atoms with E-state index in [1.165, 1.54) is 5.56 Å². The van der Waals surface area contributed by atoms with E-state index in [0.717, 1.165) is 61.4 Å². The molecule has 0 aliphatic rings. The molecule has 0 spiro atoms. The Labute approximate surface area is 209 Å². The monoisotopic (exact) mass is 559 g/mol. The predicted octanol–water partition coefficient (Wildman–Crippen LogP) is 3.43. The summed E-state index contributed by atoms with van der Waals surface area (Å²) in [6.07, 6.45) is 0.921. The van der Waals surface area contributed by atoms with Gasteiger partial charge in [0, 0.05) is 44.7 Å². The van der Waals surface area contributed by atoms with E-state index < -0.39 is 0 Å². The molecule has 2 N–H and O–H groups in total. The first-order valence-electron chi connectivity index (χ1n) is 10.8. The molecule has 1 aromatic carbocycles. The summed E-state index contributed by atoms with van der Waals surface area (Å²) in [6.45, 7) is 11.0. The minimum atomic E-state index is 0. The molecule has 180 valence electrons. The molecule has 1 heterocycles. The van der Waals surface area contributed by atoms with Gasteiger partial charge in [0.25, 0.3) is 0 Å². The molecule has 0 saturated heterocycles. The SMILES string of the molecule is CCOCCCNC(=NCc1ccc(OC)cc1)NCc1c(C)nn(CCOC)c1C.I. The normalized spacial score (nSPS) is 11.2. The van der Waals surface area contributed by atoms with Crippen LogP contribution in [0.15, 0.2) is 29.3 Å². The molecule has 0 saturated carbocycles. The topological polar surface area (TPSA) is 81.9 Å². The zero-order valence-electron chi connectivity index (χ0n) is 19.9. The average molecular weight is 559 g/mol. The number of guanidine groups is 1. The van der Waals surface area contributed by atoms with Gasteiger partial charge >= 0.3 is 0 Å². The largest absolute Gasteiger partial charge is 0.497 e. The van der Waals surface area contributed by atoms with Crippen LogP contribution in [0.5, 0.6) is 5.75 Å². The molecule has 0 aliphatic heterocycles. The fraction of sp³-hybridized carbons (Fsp3) is 0.565. The second-order valence-electron chi connectivity index (χ2n) is 7.21. The van der Waals surface area contributed by atoms with Gasteiger partial charge in [-0.25, -0.2) is 4.99 Å². The van der Waals surface area contributed by atoms with Gasteiger partial charge in [-0.05, 0) is 44.9 Å². The molecule has 8 nitrogen and oxygen atoms in total. The number of aliphatic imine (C=N–C) groups is 1. The maximum Gasteiger partial charge on any atom is 0.191 e. The van der Waals surface area contributed by atoms with Crippen molar-refractivity contribution in [3.05, 3.63) is 46.8 Å². The average Bonchev–Trinajstić information content (AvgIpc) is 3.06. The summed E-state index contributed by atoms with van der Waals surface area (Å²) in [4.78, 5) is 4.76. The van der Waals surface area contributed by atoms with E-state index in [-0.39, 0.29) is 24.0 Å². The molecule has 1 aromatic heterocycles. The highest BCUT2D eigenvalue weighted by atomic mass is 127. The van der Waals surface area contributed by atoms with Crippen LogP contribution in [0.3, 0.4) is 0 Å². The number of methoxy groups -OCH3 is 2. The van der Waals surface area contributed by atoms with Gasteiger partial charge in [0.2, 0.25) is 0 Å². The molecular formula is C23H38IN5O3. The van der Waals surface area contributed by atoms with E-state index in [2.05, 4.69) is 22.7 Å². The molecule has 0 amide bonds. The Bertz CT molecular complexity index is 809. The standard InChI is InChI=1S/C23H37N5O3.HI/c1-6-31-14-7-12-24-23(25-16-20-8-10-21(30-5)11-9-20)26-17-22-18(2)27-28(19(22)3)13-15-29-4;/h8-11H,6-7,12-17H2,1-5H3,(H2,24,25,26);1H. The van der Waals surface area contributed by atoms with Crippen LogP contribution in [-0.4, -0.2) is 56.3 Å². The van der Waals surface area contributed by atoms with Crippen molar-refractivity contribution >= 4 is 29.9 Å². The minimum absolute atomic E-state index is 0. The van der Waals surface area contributed by atoms with Gasteiger partial charge < -0.3 is 24.8 Å². The molecular weight excluding hydrogens is 521 g/mol. The quantitative estimate of drug-likeness (QED) is 0.170. The first-order valence-corrected chi connectivity index (χ1v) is 10.8. The Morgan fingerprint density at radius 2 is 1.84 bits per heavy atom. The van der Waals surface area contributed by atoms with Gasteiger partial charge in [0.05, 0.1) is 32.5 Å². The van der Waals surface area contributed by atoms with Crippen LogP contribution in [0, 0.1) is 13.8 Å². The number of hydrogen-bond donors (Lipinski definition) is 2. The summed E-state index contributed by atoms with van der Waals surface area (Å²) in [5.41, 5.74) is 4.47. The third-order valence-electron chi connectivity index (χ3n) is 5.01. The van der Waals surface area contributed by atoms with Crippen LogP contribution in [0.2, 0.25) is 0 Å². The van der Waals surface area contributed by atoms with Crippen molar-refractivity contribution in [1.82, 2.24) is 20.4 Å². The van der Waals surface area contributed by atoms with Gasteiger partial charge in [0.1, 0.15) is 5.75 Å². The molecule has 0 fully saturated rings. The Hall–Kier alpha value is -1.85. The van der Waals surface area contributed by atoms with Gasteiger partial charge in [-0.3, -0.25) is 4.68 Å². The number of halogens is 1. The zero-order chi connectivity index (χ0) is 22.5. The van der Waals surface area contributed by atoms with E-state index in [4.69, 9.17) is 19.2 Å². The van der Waals surface area contributed by atoms with Crippen molar-refractivity contribution < 1.29 is 14.2 Å². The Balaban J connectivity index is 0.00000512. The van der Waals surface area contributed by atoms with E-state index in [1.807, 2.05) is 42.8 Å². The van der Waals surface area contributed by atoms with Crippen molar-refractivity contribution in [3.63, 3.8) is 0 Å². The Kier molecular flexibility index (Phi) is 14.0. The summed E-state index contributed by atoms with van der Waals surface area (Å²) < 4.78 is 17.8. The lowest BCUT2D eigenvalue weighted by molar-refractivity contribution is 0.145. The highest BCUT2D eigenvalue weighted by Gasteiger charge is 2.12. The van der Waals surface area contributed by atoms with E-state index in [0.29, 0.717) is 19.7 Å². The molecule has 0 bridgehead atoms. The Morgan fingerprint density at radius 3 is 2.50 bits per heavy atom. The second-order valence-corrected chi connectivity index (χ2v) is 7.21. The third kappa shape index (κ3) is 9.33. The molecule has 0 atom stereocenters. The number of benzene rings is 1. The number of nitrogens with one attached hydrogen (secondary N) is 2. The number of nitrogens with zero attached hydrogens (tertiary/aromatic N) is 3. The van der Waals surface area contributed by atoms with Crippen molar-refractivity contribution in [2.45, 2.75) is 46.8 Å². The summed E-state index contributed by atoms with van der Waals surface area (Å²) in [5.74, 6) is 1.62. The lowest BCUT2D eigenvalue weighted by atomic mass is 10.2. The molecule has 9 heteroatoms. The smallest absolute Gasteiger partial charge is 0.191 e. The first kappa shape index (κ1) is 28.2. The summed E-state index contributed by atoms with van der Waals surface area (Å²) in [7, 11) is 3.37. The van der Waals surface area contributed by atoms with Crippen LogP contribution < -0.4 is 15.4 Å². The highest BCUT2D eigenvalue weighted by Crippen LogP contribution is 2.13. The number of aryl methyl sites for hydroxylation is 1. The molecule has 0 aliphatic carbocycles. The lowest BCUT2D eigenvalue weighted by Gasteiger charge is -2.13. The first-order chi connectivity index (χ1) is 15.1. The highest BCUT2D eigenvalue weighted by molar-refractivity contribution is 14.0. The summed E-state index contributed by atoms with van der Waals surface area (Å²) >= 11 is 0. The second kappa shape index (κ2) is 15.9. The van der Waals surface area contributed by atoms with Gasteiger partial charge in [0.15, 0.2) is 5.96 Å². The maximum absolute atomic E-state index is 5.43. The minimum Gasteiger partial charge on any atom is -0.497 e. The zero-order valence-corrected chi connectivity index (χ0v) is 22.3. The van der Waals surface area contributed by atoms with Crippen LogP contribution in [0.1, 0.15) is 35.9 Å². The lowest BCUT2D eigenvalue weighted by Crippen LogP contribution is -2.38. The molecule has 2 rings (SSSR count). The predicted molar refractivity (Wildman–Crippen MR) is 139 cm³/mol. The van der Waals surface area contributed by atoms with Crippen molar-refractivity contribution in [3.8, 4) is 5.75 Å². The van der Waals surface area contributed by atoms with Gasteiger partial charge in [-0.15, -0.1) is 24.0 Å². The molecule has 0 radical (unpaired) electrons. The van der Waals surface area contributed by atoms with Crippen molar-refractivity contribution in [2.24, 2.45) is 4.99 Å². The van der Waals surface area contributed by atoms with Crippen molar-refractivity contribution in [1.29, 1.82) is 0 Å². The number of aromatic nitrogens is 2. The van der Waals surface area contributed by atoms with Crippen LogP contribution in [0.25, 0.3) is 0 Å². The summed E-state index contributed by atoms with van der Waals surface area (Å²) in [5, 5.41) is 11.5. The molecule has 2 aromatic rings. The van der Waals surface area contributed by atoms with Crippen LogP contribution in [-0.2, 0) is 29.1 Å². The fourth-order valence-corrected chi connectivity index (χ4v) is 3.16. The number of hydrogen-bond acceptors (Lipinski definition) is 5. The van der Waals surface area contributed by atoms with E-state index >= 15 is 0 Å². The van der Waals surface area contributed by atoms with E-state index in [1.54, 1.807) is 14.2 Å². The van der Waals surface area contributed by atoms with Gasteiger partial charge in [-0.1, -0.05) is 12.1 Å².